The van der Waals surface area contributed by atoms with Crippen molar-refractivity contribution in [1.29, 1.82) is 0 Å². The lowest BCUT2D eigenvalue weighted by Gasteiger charge is -2.19. The fraction of sp³-hybridized carbons (Fsp3) is 0.188. The molecule has 13 heteroatoms. The number of benzene rings is 4. The Bertz CT molecular complexity index is 1750. The molecule has 0 radical (unpaired) electrons. The number of nitrogens with zero attached hydrogens (tertiary/aromatic N) is 1. The van der Waals surface area contributed by atoms with E-state index in [-0.39, 0.29) is 24.5 Å². The fourth-order valence-corrected chi connectivity index (χ4v) is 5.43. The number of rotatable bonds is 14. The summed E-state index contributed by atoms with van der Waals surface area (Å²) in [5.41, 5.74) is 1.69. The molecule has 4 aromatic carbocycles. The zero-order valence-electron chi connectivity index (χ0n) is 24.1. The molecule has 0 unspecified atom stereocenters. The maximum absolute atomic E-state index is 13.3. The smallest absolute Gasteiger partial charge is 0.289 e. The first-order chi connectivity index (χ1) is 21.5. The Hall–Kier alpha value is -4.94. The van der Waals surface area contributed by atoms with Gasteiger partial charge in [0.05, 0.1) is 16.2 Å². The molecular formula is C32H30ClN3O8S. The van der Waals surface area contributed by atoms with Crippen LogP contribution in [0, 0.1) is 17.0 Å². The highest BCUT2D eigenvalue weighted by Gasteiger charge is 2.28. The number of sulfonamides is 1. The predicted molar refractivity (Wildman–Crippen MR) is 168 cm³/mol. The van der Waals surface area contributed by atoms with Gasteiger partial charge in [0.1, 0.15) is 35.8 Å². The molecular weight excluding hydrogens is 622 g/mol. The van der Waals surface area contributed by atoms with Gasteiger partial charge in [-0.2, -0.15) is 0 Å². The highest BCUT2D eigenvalue weighted by molar-refractivity contribution is 7.90. The van der Waals surface area contributed by atoms with Crippen molar-refractivity contribution in [1.82, 2.24) is 10.0 Å². The van der Waals surface area contributed by atoms with Gasteiger partial charge in [-0.15, -0.1) is 0 Å². The summed E-state index contributed by atoms with van der Waals surface area (Å²) < 4.78 is 39.3. The zero-order chi connectivity index (χ0) is 32.4. The number of hydrogen-bond donors (Lipinski definition) is 2. The van der Waals surface area contributed by atoms with Gasteiger partial charge in [0.25, 0.3) is 21.6 Å². The molecule has 0 heterocycles. The molecule has 0 aromatic heterocycles. The molecule has 0 spiro atoms. The van der Waals surface area contributed by atoms with Crippen molar-refractivity contribution in [2.24, 2.45) is 0 Å². The third kappa shape index (κ3) is 9.78. The second kappa shape index (κ2) is 15.2. The summed E-state index contributed by atoms with van der Waals surface area (Å²) in [5, 5.41) is 13.6. The van der Waals surface area contributed by atoms with Gasteiger partial charge >= 0.3 is 0 Å². The summed E-state index contributed by atoms with van der Waals surface area (Å²) in [6.45, 7) is 2.52. The lowest BCUT2D eigenvalue weighted by molar-refractivity contribution is -0.384. The summed E-state index contributed by atoms with van der Waals surface area (Å²) in [4.78, 5) is 36.1. The number of carbonyl (C=O) groups excluding carboxylic acids is 2. The maximum Gasteiger partial charge on any atom is 0.289 e. The third-order valence-corrected chi connectivity index (χ3v) is 8.19. The molecule has 45 heavy (non-hydrogen) atoms. The van der Waals surface area contributed by atoms with Crippen LogP contribution >= 0.6 is 11.6 Å². The number of hydrogen-bond acceptors (Lipinski definition) is 8. The van der Waals surface area contributed by atoms with Crippen molar-refractivity contribution in [2.75, 3.05) is 13.2 Å². The molecule has 0 bridgehead atoms. The minimum atomic E-state index is -4.55. The Kier molecular flexibility index (Phi) is 11.1. The molecule has 0 saturated heterocycles. The molecule has 4 rings (SSSR count). The third-order valence-electron chi connectivity index (χ3n) is 6.52. The summed E-state index contributed by atoms with van der Waals surface area (Å²) >= 11 is 5.81. The van der Waals surface area contributed by atoms with Crippen LogP contribution in [0.3, 0.4) is 0 Å². The van der Waals surface area contributed by atoms with Crippen molar-refractivity contribution < 1.29 is 32.4 Å². The van der Waals surface area contributed by atoms with Gasteiger partial charge in [-0.05, 0) is 54.4 Å². The van der Waals surface area contributed by atoms with Gasteiger partial charge in [0, 0.05) is 12.5 Å². The van der Waals surface area contributed by atoms with Crippen molar-refractivity contribution >= 4 is 39.1 Å². The van der Waals surface area contributed by atoms with Crippen LogP contribution in [-0.4, -0.2) is 44.4 Å². The Morgan fingerprint density at radius 2 is 1.47 bits per heavy atom. The number of ether oxygens (including phenoxy) is 2. The fourth-order valence-electron chi connectivity index (χ4n) is 4.20. The minimum Gasteiger partial charge on any atom is -0.490 e. The number of nitrogens with one attached hydrogen (secondary N) is 2. The first kappa shape index (κ1) is 33.0. The van der Waals surface area contributed by atoms with E-state index in [9.17, 15) is 28.1 Å². The molecule has 2 N–H and O–H groups in total. The monoisotopic (exact) mass is 651 g/mol. The van der Waals surface area contributed by atoms with E-state index in [0.717, 1.165) is 29.5 Å². The molecule has 2 amide bonds. The number of nitro benzene ring substituents is 1. The average Bonchev–Trinajstić information content (AvgIpc) is 3.01. The molecule has 4 aromatic rings. The summed E-state index contributed by atoms with van der Waals surface area (Å²) in [6, 6.07) is 24.9. The van der Waals surface area contributed by atoms with Gasteiger partial charge in [-0.25, -0.2) is 13.1 Å². The van der Waals surface area contributed by atoms with Crippen molar-refractivity contribution in [3.63, 3.8) is 0 Å². The Labute approximate surface area is 265 Å². The second-order valence-corrected chi connectivity index (χ2v) is 12.1. The van der Waals surface area contributed by atoms with Crippen LogP contribution in [0.15, 0.2) is 102 Å². The number of halogens is 1. The standard InChI is InChI=1S/C32H30ClN3O8S/c1-22-7-9-24(10-8-22)20-31(37)34-29(32(38)35-45(41,42)27-15-16-28(33)30(21-27)36(39)40)19-23-11-13-26(14-12-23)44-18-17-43-25-5-3-2-4-6-25/h2-16,21,29H,17-20H2,1H3,(H,34,37)(H,35,38)/t29-/m0/s1. The number of para-hydroxylation sites is 1. The summed E-state index contributed by atoms with van der Waals surface area (Å²) in [7, 11) is -4.55. The molecule has 0 aliphatic rings. The second-order valence-electron chi connectivity index (χ2n) is 9.98. The van der Waals surface area contributed by atoms with Crippen LogP contribution in [-0.2, 0) is 32.5 Å². The van der Waals surface area contributed by atoms with E-state index in [1.54, 1.807) is 36.4 Å². The lowest BCUT2D eigenvalue weighted by atomic mass is 10.0. The molecule has 0 aliphatic heterocycles. The predicted octanol–water partition coefficient (Wildman–Crippen LogP) is 4.79. The minimum absolute atomic E-state index is 0.0436. The van der Waals surface area contributed by atoms with Crippen molar-refractivity contribution in [2.45, 2.75) is 30.7 Å². The van der Waals surface area contributed by atoms with E-state index in [0.29, 0.717) is 23.5 Å². The van der Waals surface area contributed by atoms with Crippen molar-refractivity contribution in [3.05, 3.63) is 129 Å². The molecule has 1 atom stereocenters. The molecule has 0 fully saturated rings. The van der Waals surface area contributed by atoms with Gasteiger partial charge in [0.15, 0.2) is 0 Å². The SMILES string of the molecule is Cc1ccc(CC(=O)N[C@@H](Cc2ccc(OCCOc3ccccc3)cc2)C(=O)NS(=O)(=O)c2ccc(Cl)c([N+](=O)[O-])c2)cc1. The largest absolute Gasteiger partial charge is 0.490 e. The highest BCUT2D eigenvalue weighted by atomic mass is 35.5. The lowest BCUT2D eigenvalue weighted by Crippen LogP contribution is -2.49. The number of carbonyl (C=O) groups is 2. The quantitative estimate of drug-likeness (QED) is 0.112. The van der Waals surface area contributed by atoms with E-state index >= 15 is 0 Å². The number of aryl methyl sites for hydroxylation is 1. The molecule has 0 saturated carbocycles. The topological polar surface area (TPSA) is 154 Å². The first-order valence-corrected chi connectivity index (χ1v) is 15.6. The van der Waals surface area contributed by atoms with Crippen LogP contribution < -0.4 is 19.5 Å². The van der Waals surface area contributed by atoms with Crippen LogP contribution in [0.1, 0.15) is 16.7 Å². The maximum atomic E-state index is 13.3. The van der Waals surface area contributed by atoms with Gasteiger partial charge in [-0.3, -0.25) is 19.7 Å². The normalized spacial score (nSPS) is 11.7. The number of amides is 2. The van der Waals surface area contributed by atoms with Crippen LogP contribution in [0.2, 0.25) is 5.02 Å². The zero-order valence-corrected chi connectivity index (χ0v) is 25.7. The Morgan fingerprint density at radius 1 is 0.867 bits per heavy atom. The van der Waals surface area contributed by atoms with E-state index in [2.05, 4.69) is 5.32 Å². The van der Waals surface area contributed by atoms with Crippen molar-refractivity contribution in [3.8, 4) is 11.5 Å². The van der Waals surface area contributed by atoms with E-state index in [4.69, 9.17) is 21.1 Å². The summed E-state index contributed by atoms with van der Waals surface area (Å²) in [5.74, 6) is -0.256. The van der Waals surface area contributed by atoms with E-state index in [1.165, 1.54) is 0 Å². The van der Waals surface area contributed by atoms with E-state index in [1.807, 2.05) is 54.1 Å². The van der Waals surface area contributed by atoms with Gasteiger partial charge in [-0.1, -0.05) is 71.8 Å². The van der Waals surface area contributed by atoms with E-state index < -0.39 is 43.4 Å². The first-order valence-electron chi connectivity index (χ1n) is 13.8. The van der Waals surface area contributed by atoms with Gasteiger partial charge in [0.2, 0.25) is 5.91 Å². The average molecular weight is 652 g/mol. The molecule has 234 valence electrons. The Balaban J connectivity index is 1.45. The molecule has 11 nitrogen and oxygen atoms in total. The molecule has 0 aliphatic carbocycles. The number of nitro groups is 1. The Morgan fingerprint density at radius 3 is 2.09 bits per heavy atom. The van der Waals surface area contributed by atoms with Crippen LogP contribution in [0.4, 0.5) is 5.69 Å². The van der Waals surface area contributed by atoms with Gasteiger partial charge < -0.3 is 14.8 Å². The highest BCUT2D eigenvalue weighted by Crippen LogP contribution is 2.27. The summed E-state index contributed by atoms with van der Waals surface area (Å²) in [6.07, 6.45) is -0.100. The van der Waals surface area contributed by atoms with Crippen LogP contribution in [0.5, 0.6) is 11.5 Å². The van der Waals surface area contributed by atoms with Crippen LogP contribution in [0.25, 0.3) is 0 Å².